The molecule has 0 fully saturated rings. The first-order chi connectivity index (χ1) is 24.5. The Morgan fingerprint density at radius 1 is 0.680 bits per heavy atom. The van der Waals surface area contributed by atoms with Gasteiger partial charge in [-0.05, 0) is 39.9 Å². The normalized spacial score (nSPS) is 19.5. The van der Waals surface area contributed by atoms with Crippen LogP contribution in [-0.2, 0) is 45.1 Å². The van der Waals surface area contributed by atoms with Crippen LogP contribution in [0.15, 0.2) is 146 Å². The van der Waals surface area contributed by atoms with Gasteiger partial charge < -0.3 is 20.1 Å². The molecule has 2 N–H and O–H groups in total. The van der Waals surface area contributed by atoms with Crippen LogP contribution in [0.2, 0.25) is 0 Å². The summed E-state index contributed by atoms with van der Waals surface area (Å²) in [4.78, 5) is 44.2. The van der Waals surface area contributed by atoms with Gasteiger partial charge in [0.1, 0.15) is 30.0 Å². The summed E-state index contributed by atoms with van der Waals surface area (Å²) in [5.41, 5.74) is 4.52. The summed E-state index contributed by atoms with van der Waals surface area (Å²) in [5, 5.41) is 6.01. The minimum absolute atomic E-state index is 0.206. The molecule has 7 rings (SSSR count). The number of amides is 2. The Morgan fingerprint density at radius 2 is 1.20 bits per heavy atom. The fourth-order valence-electron chi connectivity index (χ4n) is 6.35. The largest absolute Gasteiger partial charge is 0.484 e. The van der Waals surface area contributed by atoms with Crippen LogP contribution in [0.4, 0.5) is 0 Å². The summed E-state index contributed by atoms with van der Waals surface area (Å²) in [6.45, 7) is 0.860. The SMILES string of the molecule is COC(=O)[C@@H]1Cc2ccc(cc2)O[C@H](c2ccccc2)[C@H](N(Cc2ccccc2)Cc2ccccc2)C(=O)N[C@@H](Cc2ccccc2)C(=O)N1. The van der Waals surface area contributed by atoms with Gasteiger partial charge in [0.15, 0.2) is 0 Å². The topological polar surface area (TPSA) is 97.0 Å². The fourth-order valence-corrected chi connectivity index (χ4v) is 6.35. The highest BCUT2D eigenvalue weighted by Crippen LogP contribution is 2.31. The average Bonchev–Trinajstić information content (AvgIpc) is 3.15. The number of methoxy groups -OCH3 is 1. The smallest absolute Gasteiger partial charge is 0.328 e. The molecule has 254 valence electrons. The molecule has 5 aromatic carbocycles. The van der Waals surface area contributed by atoms with Crippen LogP contribution in [0.5, 0.6) is 5.75 Å². The van der Waals surface area contributed by atoms with E-state index in [9.17, 15) is 9.59 Å². The Balaban J connectivity index is 1.49. The number of hydrogen-bond donors (Lipinski definition) is 2. The molecular weight excluding hydrogens is 626 g/mol. The fraction of sp³-hybridized carbons (Fsp3) is 0.214. The van der Waals surface area contributed by atoms with Crippen LogP contribution < -0.4 is 15.4 Å². The van der Waals surface area contributed by atoms with Crippen molar-refractivity contribution in [3.63, 3.8) is 0 Å². The Kier molecular flexibility index (Phi) is 11.3. The van der Waals surface area contributed by atoms with Gasteiger partial charge in [0.25, 0.3) is 0 Å². The Morgan fingerprint density at radius 3 is 1.74 bits per heavy atom. The third kappa shape index (κ3) is 8.84. The highest BCUT2D eigenvalue weighted by atomic mass is 16.5. The maximum Gasteiger partial charge on any atom is 0.328 e. The van der Waals surface area contributed by atoms with Crippen LogP contribution in [-0.4, -0.2) is 47.9 Å². The summed E-state index contributed by atoms with van der Waals surface area (Å²) in [6.07, 6.45) is -0.348. The molecule has 8 heteroatoms. The lowest BCUT2D eigenvalue weighted by molar-refractivity contribution is -0.145. The third-order valence-corrected chi connectivity index (χ3v) is 8.88. The quantitative estimate of drug-likeness (QED) is 0.193. The number of carbonyl (C=O) groups is 3. The van der Waals surface area contributed by atoms with Gasteiger partial charge in [0.05, 0.1) is 7.11 Å². The van der Waals surface area contributed by atoms with Gasteiger partial charge >= 0.3 is 5.97 Å². The van der Waals surface area contributed by atoms with Gasteiger partial charge in [-0.25, -0.2) is 4.79 Å². The molecule has 0 aliphatic carbocycles. The summed E-state index contributed by atoms with van der Waals surface area (Å²) in [5.74, 6) is -0.879. The van der Waals surface area contributed by atoms with Crippen molar-refractivity contribution in [2.75, 3.05) is 7.11 Å². The van der Waals surface area contributed by atoms with E-state index in [-0.39, 0.29) is 18.7 Å². The second-order valence-electron chi connectivity index (χ2n) is 12.5. The molecular formula is C42H41N3O5. The van der Waals surface area contributed by atoms with Crippen molar-refractivity contribution in [2.45, 2.75) is 50.2 Å². The lowest BCUT2D eigenvalue weighted by Gasteiger charge is -2.37. The summed E-state index contributed by atoms with van der Waals surface area (Å²) < 4.78 is 11.9. The van der Waals surface area contributed by atoms with Crippen LogP contribution in [0.1, 0.15) is 33.9 Å². The maximum absolute atomic E-state index is 15.1. The van der Waals surface area contributed by atoms with Gasteiger partial charge in [-0.3, -0.25) is 14.5 Å². The van der Waals surface area contributed by atoms with Crippen LogP contribution in [0.25, 0.3) is 0 Å². The highest BCUT2D eigenvalue weighted by Gasteiger charge is 2.39. The van der Waals surface area contributed by atoms with Gasteiger partial charge in [0.2, 0.25) is 11.8 Å². The molecule has 4 atom stereocenters. The molecule has 2 amide bonds. The lowest BCUT2D eigenvalue weighted by Crippen LogP contribution is -2.58. The van der Waals surface area contributed by atoms with Crippen molar-refractivity contribution in [1.82, 2.24) is 15.5 Å². The van der Waals surface area contributed by atoms with Crippen molar-refractivity contribution in [2.24, 2.45) is 0 Å². The molecule has 0 spiro atoms. The van der Waals surface area contributed by atoms with E-state index in [1.54, 1.807) is 0 Å². The van der Waals surface area contributed by atoms with Gasteiger partial charge in [0, 0.05) is 25.9 Å². The maximum atomic E-state index is 15.1. The zero-order chi connectivity index (χ0) is 34.7. The molecule has 8 nitrogen and oxygen atoms in total. The molecule has 0 saturated carbocycles. The highest BCUT2D eigenvalue weighted by molar-refractivity contribution is 5.92. The molecule has 2 aliphatic heterocycles. The summed E-state index contributed by atoms with van der Waals surface area (Å²) in [7, 11) is 1.29. The number of carbonyl (C=O) groups excluding carboxylic acids is 3. The predicted octanol–water partition coefficient (Wildman–Crippen LogP) is 5.82. The van der Waals surface area contributed by atoms with Crippen molar-refractivity contribution < 1.29 is 23.9 Å². The summed E-state index contributed by atoms with van der Waals surface area (Å²) >= 11 is 0. The van der Waals surface area contributed by atoms with Crippen LogP contribution in [0, 0.1) is 0 Å². The number of nitrogens with zero attached hydrogens (tertiary/aromatic N) is 1. The van der Waals surface area contributed by atoms with Crippen molar-refractivity contribution >= 4 is 17.8 Å². The van der Waals surface area contributed by atoms with Crippen LogP contribution >= 0.6 is 0 Å². The average molecular weight is 668 g/mol. The number of esters is 1. The van der Waals surface area contributed by atoms with Crippen molar-refractivity contribution in [3.05, 3.63) is 173 Å². The van der Waals surface area contributed by atoms with Crippen LogP contribution in [0.3, 0.4) is 0 Å². The first-order valence-electron chi connectivity index (χ1n) is 16.8. The van der Waals surface area contributed by atoms with Gasteiger partial charge in [-0.1, -0.05) is 133 Å². The number of fused-ring (bicyclic) bond motifs is 11. The molecule has 2 aliphatic rings. The summed E-state index contributed by atoms with van der Waals surface area (Å²) in [6, 6.07) is 43.7. The second-order valence-corrected chi connectivity index (χ2v) is 12.5. The number of hydrogen-bond acceptors (Lipinski definition) is 6. The van der Waals surface area contributed by atoms with E-state index >= 15 is 4.79 Å². The Labute approximate surface area is 293 Å². The number of ether oxygens (including phenoxy) is 2. The van der Waals surface area contributed by atoms with E-state index in [0.717, 1.165) is 27.8 Å². The standard InChI is InChI=1S/C42H41N3O5/c1-49-42(48)37-27-31-22-24-35(25-23-31)50-39(34-20-12-5-13-21-34)38(41(47)43-36(40(46)44-37)26-30-14-6-2-7-15-30)45(28-32-16-8-3-9-17-32)29-33-18-10-4-11-19-33/h2-25,36-39H,26-29H2,1H3,(H,43,47)(H,44,46)/t36-,37-,38-,39+/m0/s1. The number of nitrogens with one attached hydrogen (secondary N) is 2. The monoisotopic (exact) mass is 667 g/mol. The van der Waals surface area contributed by atoms with E-state index < -0.39 is 36.1 Å². The molecule has 0 radical (unpaired) electrons. The third-order valence-electron chi connectivity index (χ3n) is 8.88. The molecule has 5 aromatic rings. The predicted molar refractivity (Wildman–Crippen MR) is 192 cm³/mol. The first kappa shape index (κ1) is 34.1. The van der Waals surface area contributed by atoms with E-state index in [4.69, 9.17) is 9.47 Å². The molecule has 50 heavy (non-hydrogen) atoms. The minimum atomic E-state index is -1.00. The molecule has 2 bridgehead atoms. The number of rotatable bonds is 9. The van der Waals surface area contributed by atoms with E-state index in [0.29, 0.717) is 18.8 Å². The zero-order valence-corrected chi connectivity index (χ0v) is 28.0. The Bertz CT molecular complexity index is 1800. The van der Waals surface area contributed by atoms with Crippen molar-refractivity contribution in [1.29, 1.82) is 0 Å². The van der Waals surface area contributed by atoms with E-state index in [1.165, 1.54) is 7.11 Å². The second kappa shape index (κ2) is 16.6. The van der Waals surface area contributed by atoms with E-state index in [2.05, 4.69) is 15.5 Å². The zero-order valence-electron chi connectivity index (χ0n) is 28.0. The van der Waals surface area contributed by atoms with Gasteiger partial charge in [-0.15, -0.1) is 0 Å². The molecule has 2 heterocycles. The van der Waals surface area contributed by atoms with Gasteiger partial charge in [-0.2, -0.15) is 0 Å². The first-order valence-corrected chi connectivity index (χ1v) is 16.8. The van der Waals surface area contributed by atoms with E-state index in [1.807, 2.05) is 146 Å². The molecule has 0 unspecified atom stereocenters. The molecule has 0 saturated heterocycles. The number of benzene rings is 5. The molecule has 0 aromatic heterocycles. The minimum Gasteiger partial charge on any atom is -0.484 e. The Hall–Kier alpha value is -5.73. The lowest BCUT2D eigenvalue weighted by atomic mass is 9.96. The van der Waals surface area contributed by atoms with Crippen molar-refractivity contribution in [3.8, 4) is 5.75 Å².